The molecule has 0 bridgehead atoms. The quantitative estimate of drug-likeness (QED) is 0.759. The fourth-order valence-corrected chi connectivity index (χ4v) is 1.13. The zero-order valence-corrected chi connectivity index (χ0v) is 8.41. The van der Waals surface area contributed by atoms with Crippen molar-refractivity contribution in [2.24, 2.45) is 0 Å². The number of rotatable bonds is 3. The predicted octanol–water partition coefficient (Wildman–Crippen LogP) is 1.20. The first kappa shape index (κ1) is 9.99. The molecule has 0 spiro atoms. The van der Waals surface area contributed by atoms with Crippen molar-refractivity contribution in [1.29, 1.82) is 0 Å². The summed E-state index contributed by atoms with van der Waals surface area (Å²) in [7, 11) is 3.89. The predicted molar refractivity (Wildman–Crippen MR) is 53.9 cm³/mol. The third-order valence-corrected chi connectivity index (χ3v) is 1.93. The van der Waals surface area contributed by atoms with Crippen LogP contribution in [0.5, 0.6) is 0 Å². The minimum atomic E-state index is 0.0797. The van der Waals surface area contributed by atoms with Gasteiger partial charge in [0.2, 0.25) is 0 Å². The Bertz CT molecular complexity index is 262. The summed E-state index contributed by atoms with van der Waals surface area (Å²) in [4.78, 5) is 6.36. The van der Waals surface area contributed by atoms with Gasteiger partial charge in [-0.2, -0.15) is 0 Å². The van der Waals surface area contributed by atoms with E-state index in [1.807, 2.05) is 31.1 Å². The first-order valence-electron chi connectivity index (χ1n) is 4.45. The second-order valence-corrected chi connectivity index (χ2v) is 3.23. The molecule has 0 atom stereocenters. The Kier molecular flexibility index (Phi) is 3.25. The van der Waals surface area contributed by atoms with Crippen molar-refractivity contribution in [3.8, 4) is 0 Å². The van der Waals surface area contributed by atoms with Gasteiger partial charge in [0, 0.05) is 19.8 Å². The van der Waals surface area contributed by atoms with E-state index in [-0.39, 0.29) is 6.61 Å². The van der Waals surface area contributed by atoms with Crippen molar-refractivity contribution in [3.63, 3.8) is 0 Å². The molecule has 13 heavy (non-hydrogen) atoms. The highest BCUT2D eigenvalue weighted by molar-refractivity contribution is 5.41. The van der Waals surface area contributed by atoms with E-state index in [1.165, 1.54) is 0 Å². The lowest BCUT2D eigenvalue weighted by Gasteiger charge is -2.13. The molecule has 1 rings (SSSR count). The molecule has 0 aliphatic heterocycles. The Labute approximate surface area is 79.0 Å². The van der Waals surface area contributed by atoms with Gasteiger partial charge in [0.15, 0.2) is 0 Å². The summed E-state index contributed by atoms with van der Waals surface area (Å²) in [5.41, 5.74) is 1.95. The summed E-state index contributed by atoms with van der Waals surface area (Å²) >= 11 is 0. The largest absolute Gasteiger partial charge is 0.392 e. The minimum Gasteiger partial charge on any atom is -0.392 e. The summed E-state index contributed by atoms with van der Waals surface area (Å²) in [6, 6.07) is 3.84. The van der Waals surface area contributed by atoms with Crippen molar-refractivity contribution in [1.82, 2.24) is 4.98 Å². The van der Waals surface area contributed by atoms with Crippen molar-refractivity contribution in [3.05, 3.63) is 23.4 Å². The number of anilines is 1. The van der Waals surface area contributed by atoms with E-state index in [9.17, 15) is 0 Å². The lowest BCUT2D eigenvalue weighted by Crippen LogP contribution is -2.12. The highest BCUT2D eigenvalue weighted by Gasteiger charge is 2.02. The summed E-state index contributed by atoms with van der Waals surface area (Å²) in [5.74, 6) is 0.906. The minimum absolute atomic E-state index is 0.0797. The van der Waals surface area contributed by atoms with Gasteiger partial charge in [0.05, 0.1) is 6.61 Å². The number of nitrogens with zero attached hydrogens (tertiary/aromatic N) is 2. The molecule has 1 N–H and O–H groups in total. The van der Waals surface area contributed by atoms with Gasteiger partial charge in [-0.25, -0.2) is 4.98 Å². The Morgan fingerprint density at radius 2 is 2.08 bits per heavy atom. The first-order valence-corrected chi connectivity index (χ1v) is 4.45. The van der Waals surface area contributed by atoms with E-state index >= 15 is 0 Å². The number of aliphatic hydroxyl groups excluding tert-OH is 1. The molecular formula is C10H16N2O. The van der Waals surface area contributed by atoms with Crippen molar-refractivity contribution in [2.45, 2.75) is 20.0 Å². The molecule has 1 heterocycles. The van der Waals surface area contributed by atoms with Gasteiger partial charge in [-0.05, 0) is 24.1 Å². The highest BCUT2D eigenvalue weighted by Crippen LogP contribution is 2.13. The van der Waals surface area contributed by atoms with Crippen LogP contribution in [0, 0.1) is 0 Å². The molecule has 0 saturated carbocycles. The van der Waals surface area contributed by atoms with E-state index in [2.05, 4.69) is 11.9 Å². The van der Waals surface area contributed by atoms with Crippen molar-refractivity contribution >= 4 is 5.82 Å². The molecule has 0 aliphatic carbocycles. The molecule has 0 radical (unpaired) electrons. The average Bonchev–Trinajstić information content (AvgIpc) is 2.16. The highest BCUT2D eigenvalue weighted by atomic mass is 16.3. The van der Waals surface area contributed by atoms with Crippen LogP contribution in [0.2, 0.25) is 0 Å². The van der Waals surface area contributed by atoms with Gasteiger partial charge in [0.25, 0.3) is 0 Å². The normalized spacial score (nSPS) is 10.2. The zero-order valence-electron chi connectivity index (χ0n) is 8.41. The molecule has 0 amide bonds. The monoisotopic (exact) mass is 180 g/mol. The summed E-state index contributed by atoms with van der Waals surface area (Å²) in [5, 5.41) is 9.02. The number of pyridine rings is 1. The Morgan fingerprint density at radius 1 is 1.38 bits per heavy atom. The van der Waals surface area contributed by atoms with Gasteiger partial charge >= 0.3 is 0 Å². The zero-order chi connectivity index (χ0) is 9.84. The van der Waals surface area contributed by atoms with Crippen LogP contribution in [0.3, 0.4) is 0 Å². The van der Waals surface area contributed by atoms with Gasteiger partial charge in [-0.3, -0.25) is 0 Å². The van der Waals surface area contributed by atoms with E-state index in [1.54, 1.807) is 0 Å². The standard InChI is InChI=1S/C10H16N2O/c1-4-9-5-8(7-13)6-10(11-9)12(2)3/h5-6,13H,4,7H2,1-3H3. The molecule has 0 aromatic carbocycles. The number of hydrogen-bond donors (Lipinski definition) is 1. The van der Waals surface area contributed by atoms with Crippen LogP contribution in [-0.2, 0) is 13.0 Å². The molecule has 72 valence electrons. The molecule has 3 heteroatoms. The molecule has 1 aromatic heterocycles. The topological polar surface area (TPSA) is 36.4 Å². The third kappa shape index (κ3) is 2.42. The van der Waals surface area contributed by atoms with Gasteiger partial charge in [0.1, 0.15) is 5.82 Å². The molecular weight excluding hydrogens is 164 g/mol. The van der Waals surface area contributed by atoms with Crippen LogP contribution in [0.15, 0.2) is 12.1 Å². The maximum absolute atomic E-state index is 9.02. The molecule has 3 nitrogen and oxygen atoms in total. The first-order chi connectivity index (χ1) is 6.17. The maximum Gasteiger partial charge on any atom is 0.128 e. The average molecular weight is 180 g/mol. The van der Waals surface area contributed by atoms with E-state index in [4.69, 9.17) is 5.11 Å². The number of aryl methyl sites for hydroxylation is 1. The summed E-state index contributed by atoms with van der Waals surface area (Å²) < 4.78 is 0. The van der Waals surface area contributed by atoms with Gasteiger partial charge in [-0.1, -0.05) is 6.92 Å². The Morgan fingerprint density at radius 3 is 2.54 bits per heavy atom. The fraction of sp³-hybridized carbons (Fsp3) is 0.500. The maximum atomic E-state index is 9.02. The van der Waals surface area contributed by atoms with Crippen LogP contribution in [0.25, 0.3) is 0 Å². The van der Waals surface area contributed by atoms with Crippen molar-refractivity contribution in [2.75, 3.05) is 19.0 Å². The molecule has 0 fully saturated rings. The lowest BCUT2D eigenvalue weighted by atomic mass is 10.2. The van der Waals surface area contributed by atoms with Crippen LogP contribution in [0.1, 0.15) is 18.2 Å². The number of aliphatic hydroxyl groups is 1. The molecule has 0 saturated heterocycles. The Hall–Kier alpha value is -1.09. The molecule has 0 aliphatic rings. The van der Waals surface area contributed by atoms with E-state index in [0.29, 0.717) is 0 Å². The van der Waals surface area contributed by atoms with E-state index < -0.39 is 0 Å². The van der Waals surface area contributed by atoms with Crippen LogP contribution in [0.4, 0.5) is 5.82 Å². The van der Waals surface area contributed by atoms with Crippen molar-refractivity contribution < 1.29 is 5.11 Å². The van der Waals surface area contributed by atoms with Gasteiger partial charge in [-0.15, -0.1) is 0 Å². The second kappa shape index (κ2) is 4.23. The number of aromatic nitrogens is 1. The smallest absolute Gasteiger partial charge is 0.128 e. The van der Waals surface area contributed by atoms with Crippen LogP contribution >= 0.6 is 0 Å². The van der Waals surface area contributed by atoms with E-state index in [0.717, 1.165) is 23.5 Å². The fourth-order valence-electron chi connectivity index (χ4n) is 1.13. The Balaban J connectivity index is 3.07. The SMILES string of the molecule is CCc1cc(CO)cc(N(C)C)n1. The number of hydrogen-bond acceptors (Lipinski definition) is 3. The molecule has 1 aromatic rings. The third-order valence-electron chi connectivity index (χ3n) is 1.93. The summed E-state index contributed by atoms with van der Waals surface area (Å²) in [6.07, 6.45) is 0.898. The molecule has 0 unspecified atom stereocenters. The van der Waals surface area contributed by atoms with Crippen LogP contribution in [-0.4, -0.2) is 24.2 Å². The lowest BCUT2D eigenvalue weighted by molar-refractivity contribution is 0.281. The second-order valence-electron chi connectivity index (χ2n) is 3.23. The van der Waals surface area contributed by atoms with Gasteiger partial charge < -0.3 is 10.0 Å². The summed E-state index contributed by atoms with van der Waals surface area (Å²) in [6.45, 7) is 2.14. The van der Waals surface area contributed by atoms with Crippen LogP contribution < -0.4 is 4.90 Å².